The summed E-state index contributed by atoms with van der Waals surface area (Å²) >= 11 is 0. The lowest BCUT2D eigenvalue weighted by Gasteiger charge is -2.24. The first-order chi connectivity index (χ1) is 8.34. The highest BCUT2D eigenvalue weighted by Gasteiger charge is 2.15. The van der Waals surface area contributed by atoms with Crippen molar-refractivity contribution in [1.82, 2.24) is 10.3 Å². The molecule has 3 rings (SSSR count). The zero-order chi connectivity index (χ0) is 11.7. The number of aromatic nitrogens is 1. The molecule has 1 aromatic carbocycles. The van der Waals surface area contributed by atoms with Crippen molar-refractivity contribution in [3.05, 3.63) is 53.9 Å². The molecule has 0 saturated heterocycles. The third-order valence-corrected chi connectivity index (χ3v) is 3.45. The lowest BCUT2D eigenvalue weighted by molar-refractivity contribution is 0.541. The summed E-state index contributed by atoms with van der Waals surface area (Å²) in [6, 6.07) is 11.3. The highest BCUT2D eigenvalue weighted by molar-refractivity contribution is 5.64. The van der Waals surface area contributed by atoms with Crippen molar-refractivity contribution in [3.8, 4) is 11.1 Å². The van der Waals surface area contributed by atoms with E-state index in [2.05, 4.69) is 41.5 Å². The highest BCUT2D eigenvalue weighted by Crippen LogP contribution is 2.28. The van der Waals surface area contributed by atoms with Crippen LogP contribution in [0.1, 0.15) is 24.1 Å². The van der Waals surface area contributed by atoms with Gasteiger partial charge in [-0.25, -0.2) is 0 Å². The molecule has 1 aliphatic heterocycles. The van der Waals surface area contributed by atoms with E-state index >= 15 is 0 Å². The van der Waals surface area contributed by atoms with Gasteiger partial charge in [0.1, 0.15) is 0 Å². The van der Waals surface area contributed by atoms with E-state index < -0.39 is 0 Å². The van der Waals surface area contributed by atoms with Gasteiger partial charge < -0.3 is 5.32 Å². The van der Waals surface area contributed by atoms with Crippen LogP contribution in [0.2, 0.25) is 0 Å². The predicted molar refractivity (Wildman–Crippen MR) is 69.8 cm³/mol. The van der Waals surface area contributed by atoms with Gasteiger partial charge in [-0.15, -0.1) is 0 Å². The fourth-order valence-corrected chi connectivity index (χ4v) is 2.47. The van der Waals surface area contributed by atoms with Crippen LogP contribution in [0.15, 0.2) is 42.7 Å². The quantitative estimate of drug-likeness (QED) is 0.805. The fraction of sp³-hybridized carbons (Fsp3) is 0.267. The van der Waals surface area contributed by atoms with Crippen molar-refractivity contribution in [2.24, 2.45) is 0 Å². The minimum atomic E-state index is 0.454. The van der Waals surface area contributed by atoms with Crippen LogP contribution in [-0.2, 0) is 6.42 Å². The molecule has 0 radical (unpaired) electrons. The SMILES string of the molecule is CC1NCCc2ccc(-c3cccnc3)cc21. The highest BCUT2D eigenvalue weighted by atomic mass is 14.9. The van der Waals surface area contributed by atoms with Gasteiger partial charge in [-0.2, -0.15) is 0 Å². The molecular formula is C15H16N2. The van der Waals surface area contributed by atoms with Crippen LogP contribution in [0.3, 0.4) is 0 Å². The maximum Gasteiger partial charge on any atom is 0.0346 e. The second kappa shape index (κ2) is 4.30. The first-order valence-corrected chi connectivity index (χ1v) is 6.11. The van der Waals surface area contributed by atoms with Crippen molar-refractivity contribution >= 4 is 0 Å². The Kier molecular flexibility index (Phi) is 2.65. The van der Waals surface area contributed by atoms with Crippen LogP contribution >= 0.6 is 0 Å². The Balaban J connectivity index is 2.06. The van der Waals surface area contributed by atoms with E-state index in [1.807, 2.05) is 18.5 Å². The average molecular weight is 224 g/mol. The van der Waals surface area contributed by atoms with Crippen molar-refractivity contribution in [1.29, 1.82) is 0 Å². The first kappa shape index (κ1) is 10.5. The van der Waals surface area contributed by atoms with Crippen molar-refractivity contribution in [2.45, 2.75) is 19.4 Å². The van der Waals surface area contributed by atoms with E-state index in [-0.39, 0.29) is 0 Å². The van der Waals surface area contributed by atoms with E-state index in [0.29, 0.717) is 6.04 Å². The molecule has 2 heteroatoms. The second-order valence-corrected chi connectivity index (χ2v) is 4.58. The van der Waals surface area contributed by atoms with E-state index in [4.69, 9.17) is 0 Å². The molecule has 1 aliphatic rings. The largest absolute Gasteiger partial charge is 0.310 e. The number of hydrogen-bond donors (Lipinski definition) is 1. The third kappa shape index (κ3) is 1.96. The minimum absolute atomic E-state index is 0.454. The van der Waals surface area contributed by atoms with Gasteiger partial charge in [-0.1, -0.05) is 18.2 Å². The Morgan fingerprint density at radius 1 is 1.24 bits per heavy atom. The molecule has 0 bridgehead atoms. The van der Waals surface area contributed by atoms with Crippen LogP contribution in [0.25, 0.3) is 11.1 Å². The molecule has 2 aromatic rings. The number of nitrogens with zero attached hydrogens (tertiary/aromatic N) is 1. The summed E-state index contributed by atoms with van der Waals surface area (Å²) in [6.07, 6.45) is 4.86. The van der Waals surface area contributed by atoms with Gasteiger partial charge in [0.25, 0.3) is 0 Å². The Hall–Kier alpha value is -1.67. The molecular weight excluding hydrogens is 208 g/mol. The number of hydrogen-bond acceptors (Lipinski definition) is 2. The van der Waals surface area contributed by atoms with Gasteiger partial charge in [-0.05, 0) is 54.3 Å². The molecule has 0 aliphatic carbocycles. The normalized spacial score (nSPS) is 18.8. The van der Waals surface area contributed by atoms with Crippen LogP contribution in [0.5, 0.6) is 0 Å². The minimum Gasteiger partial charge on any atom is -0.310 e. The molecule has 17 heavy (non-hydrogen) atoms. The maximum absolute atomic E-state index is 4.18. The van der Waals surface area contributed by atoms with Crippen LogP contribution in [-0.4, -0.2) is 11.5 Å². The lowest BCUT2D eigenvalue weighted by Crippen LogP contribution is -2.27. The number of fused-ring (bicyclic) bond motifs is 1. The van der Waals surface area contributed by atoms with Gasteiger partial charge in [-0.3, -0.25) is 4.98 Å². The second-order valence-electron chi connectivity index (χ2n) is 4.58. The molecule has 1 N–H and O–H groups in total. The van der Waals surface area contributed by atoms with E-state index in [0.717, 1.165) is 13.0 Å². The molecule has 1 unspecified atom stereocenters. The van der Waals surface area contributed by atoms with Gasteiger partial charge in [0.05, 0.1) is 0 Å². The maximum atomic E-state index is 4.18. The summed E-state index contributed by atoms with van der Waals surface area (Å²) in [5, 5.41) is 3.50. The van der Waals surface area contributed by atoms with E-state index in [1.165, 1.54) is 22.3 Å². The number of benzene rings is 1. The summed E-state index contributed by atoms with van der Waals surface area (Å²) in [4.78, 5) is 4.18. The fourth-order valence-electron chi connectivity index (χ4n) is 2.47. The Bertz CT molecular complexity index is 520. The molecule has 0 fully saturated rings. The summed E-state index contributed by atoms with van der Waals surface area (Å²) in [5.74, 6) is 0. The van der Waals surface area contributed by atoms with Crippen LogP contribution in [0.4, 0.5) is 0 Å². The molecule has 0 amide bonds. The summed E-state index contributed by atoms with van der Waals surface area (Å²) in [5.41, 5.74) is 5.35. The lowest BCUT2D eigenvalue weighted by atomic mass is 9.92. The molecule has 0 saturated carbocycles. The molecule has 86 valence electrons. The zero-order valence-corrected chi connectivity index (χ0v) is 9.98. The standard InChI is InChI=1S/C15H16N2/c1-11-15-9-13(14-3-2-7-16-10-14)5-4-12(15)6-8-17-11/h2-5,7,9-11,17H,6,8H2,1H3. The van der Waals surface area contributed by atoms with Crippen LogP contribution in [0, 0.1) is 0 Å². The summed E-state index contributed by atoms with van der Waals surface area (Å²) < 4.78 is 0. The summed E-state index contributed by atoms with van der Waals surface area (Å²) in [7, 11) is 0. The van der Waals surface area contributed by atoms with Gasteiger partial charge in [0, 0.05) is 18.4 Å². The monoisotopic (exact) mass is 224 g/mol. The average Bonchev–Trinajstić information content (AvgIpc) is 2.40. The Morgan fingerprint density at radius 3 is 3.00 bits per heavy atom. The molecule has 0 spiro atoms. The number of pyridine rings is 1. The molecule has 2 nitrogen and oxygen atoms in total. The van der Waals surface area contributed by atoms with Crippen molar-refractivity contribution in [3.63, 3.8) is 0 Å². The predicted octanol–water partition coefficient (Wildman–Crippen LogP) is 2.96. The Labute approximate surface area is 102 Å². The smallest absolute Gasteiger partial charge is 0.0346 e. The van der Waals surface area contributed by atoms with E-state index in [1.54, 1.807) is 0 Å². The molecule has 1 aromatic heterocycles. The first-order valence-electron chi connectivity index (χ1n) is 6.11. The number of rotatable bonds is 1. The topological polar surface area (TPSA) is 24.9 Å². The van der Waals surface area contributed by atoms with Crippen molar-refractivity contribution in [2.75, 3.05) is 6.54 Å². The van der Waals surface area contributed by atoms with Crippen LogP contribution < -0.4 is 5.32 Å². The number of nitrogens with one attached hydrogen (secondary N) is 1. The zero-order valence-electron chi connectivity index (χ0n) is 9.98. The Morgan fingerprint density at radius 2 is 2.18 bits per heavy atom. The van der Waals surface area contributed by atoms with Gasteiger partial charge in [0.15, 0.2) is 0 Å². The van der Waals surface area contributed by atoms with E-state index in [9.17, 15) is 0 Å². The summed E-state index contributed by atoms with van der Waals surface area (Å²) in [6.45, 7) is 3.31. The molecule has 1 atom stereocenters. The third-order valence-electron chi connectivity index (χ3n) is 3.45. The van der Waals surface area contributed by atoms with Gasteiger partial charge in [0.2, 0.25) is 0 Å². The van der Waals surface area contributed by atoms with Crippen molar-refractivity contribution < 1.29 is 0 Å². The van der Waals surface area contributed by atoms with Gasteiger partial charge >= 0.3 is 0 Å². The molecule has 2 heterocycles.